The number of aryl methyl sites for hydroxylation is 2. The van der Waals surface area contributed by atoms with Gasteiger partial charge in [-0.3, -0.25) is 4.79 Å². The van der Waals surface area contributed by atoms with Crippen LogP contribution in [0.2, 0.25) is 0 Å². The van der Waals surface area contributed by atoms with Crippen molar-refractivity contribution in [1.29, 1.82) is 0 Å². The zero-order valence-electron chi connectivity index (χ0n) is 18.5. The summed E-state index contributed by atoms with van der Waals surface area (Å²) in [5.41, 5.74) is 4.60. The van der Waals surface area contributed by atoms with Gasteiger partial charge in [0.1, 0.15) is 0 Å². The van der Waals surface area contributed by atoms with Crippen molar-refractivity contribution in [3.63, 3.8) is 0 Å². The highest BCUT2D eigenvalue weighted by atomic mass is 16.5. The smallest absolute Gasteiger partial charge is 0.203 e. The summed E-state index contributed by atoms with van der Waals surface area (Å²) in [7, 11) is 4.89. The molecule has 0 amide bonds. The lowest BCUT2D eigenvalue weighted by molar-refractivity contribution is 0.0929. The minimum atomic E-state index is 0.155. The second-order valence-electron chi connectivity index (χ2n) is 7.90. The summed E-state index contributed by atoms with van der Waals surface area (Å²) in [6.45, 7) is 3.98. The van der Waals surface area contributed by atoms with Gasteiger partial charge in [0.05, 0.1) is 21.3 Å². The number of ketones is 1. The topological polar surface area (TPSA) is 56.8 Å². The minimum absolute atomic E-state index is 0.155. The van der Waals surface area contributed by atoms with Crippen molar-refractivity contribution < 1.29 is 19.0 Å². The Hall–Kier alpha value is -2.53. The van der Waals surface area contributed by atoms with Crippen LogP contribution in [0, 0.1) is 12.8 Å². The molecule has 0 fully saturated rings. The molecule has 0 spiro atoms. The van der Waals surface area contributed by atoms with Crippen LogP contribution in [-0.4, -0.2) is 40.2 Å². The standard InChI is InChI=1S/C25H33NO4/c1-17-8-5-11-20-21(17)16-19(24(20)27)10-7-13-26-12-6-9-18-14-22(28-2)25(30-4)23(15-18)29-3/h5,8,11,14-15,19,26H,6-7,9-10,12-13,16H2,1-4H3. The third kappa shape index (κ3) is 4.96. The first-order chi connectivity index (χ1) is 14.6. The second-order valence-corrected chi connectivity index (χ2v) is 7.90. The summed E-state index contributed by atoms with van der Waals surface area (Å²) < 4.78 is 16.2. The van der Waals surface area contributed by atoms with Crippen molar-refractivity contribution in [3.8, 4) is 17.2 Å². The Morgan fingerprint density at radius 1 is 1.00 bits per heavy atom. The summed E-state index contributed by atoms with van der Waals surface area (Å²) in [5, 5.41) is 3.51. The maximum atomic E-state index is 12.6. The van der Waals surface area contributed by atoms with Crippen LogP contribution in [0.15, 0.2) is 30.3 Å². The van der Waals surface area contributed by atoms with Gasteiger partial charge in [0.2, 0.25) is 5.75 Å². The fourth-order valence-electron chi connectivity index (χ4n) is 4.29. The number of fused-ring (bicyclic) bond motifs is 1. The number of rotatable bonds is 11. The van der Waals surface area contributed by atoms with Crippen molar-refractivity contribution in [2.24, 2.45) is 5.92 Å². The van der Waals surface area contributed by atoms with Gasteiger partial charge in [0.15, 0.2) is 17.3 Å². The van der Waals surface area contributed by atoms with Crippen molar-refractivity contribution in [3.05, 3.63) is 52.6 Å². The number of hydrogen-bond donors (Lipinski definition) is 1. The van der Waals surface area contributed by atoms with E-state index in [1.165, 1.54) is 11.1 Å². The van der Waals surface area contributed by atoms with Crippen LogP contribution >= 0.6 is 0 Å². The molecule has 1 aliphatic rings. The predicted octanol–water partition coefficient (Wildman–Crippen LogP) is 4.38. The summed E-state index contributed by atoms with van der Waals surface area (Å²) in [6, 6.07) is 10.1. The van der Waals surface area contributed by atoms with Crippen molar-refractivity contribution >= 4 is 5.78 Å². The third-order valence-electron chi connectivity index (χ3n) is 5.95. The summed E-state index contributed by atoms with van der Waals surface area (Å²) >= 11 is 0. The predicted molar refractivity (Wildman–Crippen MR) is 119 cm³/mol. The van der Waals surface area contributed by atoms with Crippen molar-refractivity contribution in [1.82, 2.24) is 5.32 Å². The zero-order valence-corrected chi connectivity index (χ0v) is 18.5. The van der Waals surface area contributed by atoms with Gasteiger partial charge >= 0.3 is 0 Å². The number of ether oxygens (including phenoxy) is 3. The lowest BCUT2D eigenvalue weighted by atomic mass is 9.98. The lowest BCUT2D eigenvalue weighted by Gasteiger charge is -2.14. The van der Waals surface area contributed by atoms with Crippen LogP contribution in [-0.2, 0) is 12.8 Å². The Morgan fingerprint density at radius 2 is 1.70 bits per heavy atom. The minimum Gasteiger partial charge on any atom is -0.493 e. The van der Waals surface area contributed by atoms with E-state index in [-0.39, 0.29) is 5.92 Å². The van der Waals surface area contributed by atoms with E-state index < -0.39 is 0 Å². The molecule has 0 saturated heterocycles. The highest BCUT2D eigenvalue weighted by Crippen LogP contribution is 2.38. The molecular formula is C25H33NO4. The molecule has 1 aliphatic carbocycles. The van der Waals surface area contributed by atoms with Gasteiger partial charge in [0.25, 0.3) is 0 Å². The molecule has 162 valence electrons. The molecule has 2 aromatic carbocycles. The van der Waals surface area contributed by atoms with Gasteiger partial charge in [0, 0.05) is 11.5 Å². The first-order valence-electron chi connectivity index (χ1n) is 10.7. The van der Waals surface area contributed by atoms with E-state index in [4.69, 9.17) is 14.2 Å². The monoisotopic (exact) mass is 411 g/mol. The van der Waals surface area contributed by atoms with Crippen LogP contribution in [0.25, 0.3) is 0 Å². The SMILES string of the molecule is COc1cc(CCCNCCCC2Cc3c(C)cccc3C2=O)cc(OC)c1OC. The summed E-state index contributed by atoms with van der Waals surface area (Å²) in [5.74, 6) is 2.49. The van der Waals surface area contributed by atoms with E-state index in [1.807, 2.05) is 24.3 Å². The van der Waals surface area contributed by atoms with Crippen molar-refractivity contribution in [2.75, 3.05) is 34.4 Å². The third-order valence-corrected chi connectivity index (χ3v) is 5.95. The number of carbonyl (C=O) groups excluding carboxylic acids is 1. The number of methoxy groups -OCH3 is 3. The molecule has 0 bridgehead atoms. The van der Waals surface area contributed by atoms with Gasteiger partial charge in [-0.05, 0) is 80.9 Å². The van der Waals surface area contributed by atoms with Crippen LogP contribution in [0.3, 0.4) is 0 Å². The molecule has 1 N–H and O–H groups in total. The molecule has 0 aromatic heterocycles. The molecule has 0 radical (unpaired) electrons. The molecule has 30 heavy (non-hydrogen) atoms. The van der Waals surface area contributed by atoms with E-state index in [2.05, 4.69) is 18.3 Å². The normalized spacial score (nSPS) is 15.2. The van der Waals surface area contributed by atoms with E-state index in [0.29, 0.717) is 23.0 Å². The van der Waals surface area contributed by atoms with Crippen LogP contribution in [0.5, 0.6) is 17.2 Å². The van der Waals surface area contributed by atoms with E-state index in [9.17, 15) is 4.79 Å². The summed E-state index contributed by atoms with van der Waals surface area (Å²) in [4.78, 5) is 12.6. The van der Waals surface area contributed by atoms with Crippen LogP contribution in [0.4, 0.5) is 0 Å². The molecule has 0 saturated carbocycles. The number of carbonyl (C=O) groups is 1. The molecule has 5 heteroatoms. The molecule has 0 aliphatic heterocycles. The Kier molecular flexibility index (Phi) is 7.75. The molecule has 5 nitrogen and oxygen atoms in total. The quantitative estimate of drug-likeness (QED) is 0.556. The maximum Gasteiger partial charge on any atom is 0.203 e. The number of benzene rings is 2. The van der Waals surface area contributed by atoms with Crippen LogP contribution in [0.1, 0.15) is 46.3 Å². The first kappa shape index (κ1) is 22.2. The largest absolute Gasteiger partial charge is 0.493 e. The number of nitrogens with one attached hydrogen (secondary N) is 1. The van der Waals surface area contributed by atoms with E-state index in [1.54, 1.807) is 21.3 Å². The fourth-order valence-corrected chi connectivity index (χ4v) is 4.29. The number of Topliss-reactive ketones (excluding diaryl/α,β-unsaturated/α-hetero) is 1. The highest BCUT2D eigenvalue weighted by Gasteiger charge is 2.30. The molecule has 0 heterocycles. The van der Waals surface area contributed by atoms with E-state index in [0.717, 1.165) is 56.3 Å². The van der Waals surface area contributed by atoms with Crippen molar-refractivity contribution in [2.45, 2.75) is 39.0 Å². The van der Waals surface area contributed by atoms with Gasteiger partial charge in [-0.15, -0.1) is 0 Å². The number of hydrogen-bond acceptors (Lipinski definition) is 5. The Balaban J connectivity index is 1.38. The maximum absolute atomic E-state index is 12.6. The summed E-state index contributed by atoms with van der Waals surface area (Å²) in [6.07, 6.45) is 4.83. The highest BCUT2D eigenvalue weighted by molar-refractivity contribution is 6.02. The molecule has 1 atom stereocenters. The second kappa shape index (κ2) is 10.5. The Morgan fingerprint density at radius 3 is 2.33 bits per heavy atom. The zero-order chi connectivity index (χ0) is 21.5. The lowest BCUT2D eigenvalue weighted by Crippen LogP contribution is -2.19. The molecular weight excluding hydrogens is 378 g/mol. The molecule has 3 rings (SSSR count). The Bertz CT molecular complexity index is 852. The fraction of sp³-hybridized carbons (Fsp3) is 0.480. The van der Waals surface area contributed by atoms with Gasteiger partial charge in [-0.1, -0.05) is 18.2 Å². The van der Waals surface area contributed by atoms with Gasteiger partial charge in [-0.2, -0.15) is 0 Å². The molecule has 2 aromatic rings. The average Bonchev–Trinajstić information content (AvgIpc) is 3.09. The van der Waals surface area contributed by atoms with E-state index >= 15 is 0 Å². The first-order valence-corrected chi connectivity index (χ1v) is 10.7. The molecule has 1 unspecified atom stereocenters. The van der Waals surface area contributed by atoms with Gasteiger partial charge in [-0.25, -0.2) is 0 Å². The van der Waals surface area contributed by atoms with Gasteiger partial charge < -0.3 is 19.5 Å². The average molecular weight is 412 g/mol. The Labute approximate surface area is 179 Å². The van der Waals surface area contributed by atoms with Crippen LogP contribution < -0.4 is 19.5 Å².